The predicted molar refractivity (Wildman–Crippen MR) is 88.2 cm³/mol. The molecule has 0 saturated carbocycles. The Morgan fingerprint density at radius 3 is 2.38 bits per heavy atom. The average molecular weight is 290 g/mol. The Kier molecular flexibility index (Phi) is 6.22. The first-order chi connectivity index (χ1) is 10.2. The lowest BCUT2D eigenvalue weighted by molar-refractivity contribution is 0.138. The molecule has 1 atom stereocenters. The van der Waals surface area contributed by atoms with Gasteiger partial charge in [-0.1, -0.05) is 38.1 Å². The normalized spacial score (nSPS) is 17.7. The molecule has 0 spiro atoms. The largest absolute Gasteiger partial charge is 0.394 e. The molecule has 1 aliphatic heterocycles. The quantitative estimate of drug-likeness (QED) is 0.734. The van der Waals surface area contributed by atoms with E-state index in [0.29, 0.717) is 0 Å². The molecular formula is C18H30N2O. The highest BCUT2D eigenvalue weighted by atomic mass is 16.3. The van der Waals surface area contributed by atoms with E-state index in [2.05, 4.69) is 48.3 Å². The van der Waals surface area contributed by atoms with Crippen molar-refractivity contribution in [3.63, 3.8) is 0 Å². The van der Waals surface area contributed by atoms with Gasteiger partial charge in [0.25, 0.3) is 0 Å². The molecule has 2 N–H and O–H groups in total. The maximum atomic E-state index is 9.76. The van der Waals surface area contributed by atoms with Gasteiger partial charge in [-0.25, -0.2) is 0 Å². The minimum absolute atomic E-state index is 0.0808. The van der Waals surface area contributed by atoms with Crippen LogP contribution >= 0.6 is 0 Å². The van der Waals surface area contributed by atoms with Crippen LogP contribution in [0, 0.1) is 0 Å². The van der Waals surface area contributed by atoms with E-state index >= 15 is 0 Å². The second-order valence-corrected chi connectivity index (χ2v) is 6.30. The van der Waals surface area contributed by atoms with Crippen LogP contribution in [0.25, 0.3) is 0 Å². The van der Waals surface area contributed by atoms with Crippen molar-refractivity contribution in [3.05, 3.63) is 35.4 Å². The molecule has 3 nitrogen and oxygen atoms in total. The van der Waals surface area contributed by atoms with Crippen molar-refractivity contribution in [1.82, 2.24) is 10.2 Å². The minimum atomic E-state index is -0.0808. The van der Waals surface area contributed by atoms with Crippen molar-refractivity contribution in [2.45, 2.75) is 58.2 Å². The van der Waals surface area contributed by atoms with Crippen LogP contribution in [0.4, 0.5) is 0 Å². The standard InChI is InChI=1S/C18H30N2O/c1-3-11-19-18(4-2,15-21)10-7-12-20-13-16-8-5-6-9-17(16)14-20/h5-6,8-9,19,21H,3-4,7,10-15H2,1-2H3. The SMILES string of the molecule is CCCNC(CC)(CO)CCCN1Cc2ccccc2C1. The van der Waals surface area contributed by atoms with Gasteiger partial charge >= 0.3 is 0 Å². The Hall–Kier alpha value is -0.900. The second-order valence-electron chi connectivity index (χ2n) is 6.30. The predicted octanol–water partition coefficient (Wildman–Crippen LogP) is 2.92. The zero-order chi connectivity index (χ0) is 15.1. The molecule has 0 aromatic heterocycles. The molecule has 118 valence electrons. The Bertz CT molecular complexity index is 404. The van der Waals surface area contributed by atoms with Crippen LogP contribution in [-0.4, -0.2) is 35.2 Å². The van der Waals surface area contributed by atoms with E-state index in [1.165, 1.54) is 11.1 Å². The maximum absolute atomic E-state index is 9.76. The zero-order valence-corrected chi connectivity index (χ0v) is 13.6. The van der Waals surface area contributed by atoms with Gasteiger partial charge in [0.15, 0.2) is 0 Å². The van der Waals surface area contributed by atoms with Gasteiger partial charge in [0.05, 0.1) is 6.61 Å². The average Bonchev–Trinajstić information content (AvgIpc) is 2.93. The van der Waals surface area contributed by atoms with Crippen molar-refractivity contribution in [2.24, 2.45) is 0 Å². The van der Waals surface area contributed by atoms with Crippen molar-refractivity contribution in [3.8, 4) is 0 Å². The number of benzene rings is 1. The molecule has 0 fully saturated rings. The van der Waals surface area contributed by atoms with Gasteiger partial charge in [0, 0.05) is 18.6 Å². The molecule has 1 aromatic carbocycles. The zero-order valence-electron chi connectivity index (χ0n) is 13.6. The van der Waals surface area contributed by atoms with Gasteiger partial charge in [0.2, 0.25) is 0 Å². The highest BCUT2D eigenvalue weighted by Gasteiger charge is 2.26. The van der Waals surface area contributed by atoms with Crippen LogP contribution in [0.1, 0.15) is 50.7 Å². The second kappa shape index (κ2) is 7.92. The summed E-state index contributed by atoms with van der Waals surface area (Å²) in [5.41, 5.74) is 2.87. The Morgan fingerprint density at radius 1 is 1.19 bits per heavy atom. The van der Waals surface area contributed by atoms with Gasteiger partial charge in [0.1, 0.15) is 0 Å². The van der Waals surface area contributed by atoms with Crippen LogP contribution in [-0.2, 0) is 13.1 Å². The van der Waals surface area contributed by atoms with Crippen molar-refractivity contribution < 1.29 is 5.11 Å². The van der Waals surface area contributed by atoms with Crippen LogP contribution in [0.5, 0.6) is 0 Å². The third kappa shape index (κ3) is 4.29. The lowest BCUT2D eigenvalue weighted by atomic mass is 9.91. The number of hydrogen-bond acceptors (Lipinski definition) is 3. The third-order valence-electron chi connectivity index (χ3n) is 4.77. The molecule has 1 aromatic rings. The highest BCUT2D eigenvalue weighted by Crippen LogP contribution is 2.24. The molecular weight excluding hydrogens is 260 g/mol. The fraction of sp³-hybridized carbons (Fsp3) is 0.667. The van der Waals surface area contributed by atoms with Crippen LogP contribution in [0.15, 0.2) is 24.3 Å². The van der Waals surface area contributed by atoms with Gasteiger partial charge in [-0.15, -0.1) is 0 Å². The molecule has 1 heterocycles. The molecule has 3 heteroatoms. The van der Waals surface area contributed by atoms with Crippen LogP contribution < -0.4 is 5.32 Å². The van der Waals surface area contributed by atoms with Gasteiger partial charge < -0.3 is 10.4 Å². The Balaban J connectivity index is 1.78. The van der Waals surface area contributed by atoms with E-state index in [4.69, 9.17) is 0 Å². The summed E-state index contributed by atoms with van der Waals surface area (Å²) in [6.45, 7) is 8.85. The van der Waals surface area contributed by atoms with Crippen LogP contribution in [0.2, 0.25) is 0 Å². The minimum Gasteiger partial charge on any atom is -0.394 e. The molecule has 0 aliphatic carbocycles. The first kappa shape index (κ1) is 16.5. The number of fused-ring (bicyclic) bond motifs is 1. The lowest BCUT2D eigenvalue weighted by Crippen LogP contribution is -2.48. The summed E-state index contributed by atoms with van der Waals surface area (Å²) in [5, 5.41) is 13.3. The molecule has 0 radical (unpaired) electrons. The molecule has 2 rings (SSSR count). The number of nitrogens with one attached hydrogen (secondary N) is 1. The summed E-state index contributed by atoms with van der Waals surface area (Å²) in [6.07, 6.45) is 4.29. The van der Waals surface area contributed by atoms with Crippen LogP contribution in [0.3, 0.4) is 0 Å². The first-order valence-corrected chi connectivity index (χ1v) is 8.38. The summed E-state index contributed by atoms with van der Waals surface area (Å²) < 4.78 is 0. The highest BCUT2D eigenvalue weighted by molar-refractivity contribution is 5.30. The molecule has 1 aliphatic rings. The summed E-state index contributed by atoms with van der Waals surface area (Å²) in [4.78, 5) is 2.52. The molecule has 1 unspecified atom stereocenters. The van der Waals surface area contributed by atoms with Crippen molar-refractivity contribution >= 4 is 0 Å². The van der Waals surface area contributed by atoms with Gasteiger partial charge in [-0.3, -0.25) is 4.90 Å². The molecule has 21 heavy (non-hydrogen) atoms. The van der Waals surface area contributed by atoms with E-state index in [0.717, 1.165) is 51.9 Å². The number of aliphatic hydroxyl groups excluding tert-OH is 1. The van der Waals surface area contributed by atoms with E-state index in [1.807, 2.05) is 0 Å². The van der Waals surface area contributed by atoms with E-state index < -0.39 is 0 Å². The number of nitrogens with zero attached hydrogens (tertiary/aromatic N) is 1. The summed E-state index contributed by atoms with van der Waals surface area (Å²) in [6, 6.07) is 8.74. The first-order valence-electron chi connectivity index (χ1n) is 8.38. The fourth-order valence-corrected chi connectivity index (χ4v) is 3.23. The molecule has 0 bridgehead atoms. The van der Waals surface area contributed by atoms with E-state index in [-0.39, 0.29) is 12.1 Å². The summed E-state index contributed by atoms with van der Waals surface area (Å²) in [5.74, 6) is 0. The summed E-state index contributed by atoms with van der Waals surface area (Å²) in [7, 11) is 0. The topological polar surface area (TPSA) is 35.5 Å². The Morgan fingerprint density at radius 2 is 1.86 bits per heavy atom. The summed E-state index contributed by atoms with van der Waals surface area (Å²) >= 11 is 0. The molecule has 0 saturated heterocycles. The monoisotopic (exact) mass is 290 g/mol. The maximum Gasteiger partial charge on any atom is 0.0613 e. The molecule has 0 amide bonds. The smallest absolute Gasteiger partial charge is 0.0613 e. The number of aliphatic hydroxyl groups is 1. The Labute approximate surface area is 129 Å². The van der Waals surface area contributed by atoms with Crippen molar-refractivity contribution in [1.29, 1.82) is 0 Å². The number of hydrogen-bond donors (Lipinski definition) is 2. The van der Waals surface area contributed by atoms with E-state index in [9.17, 15) is 5.11 Å². The fourth-order valence-electron chi connectivity index (χ4n) is 3.23. The third-order valence-corrected chi connectivity index (χ3v) is 4.77. The van der Waals surface area contributed by atoms with Gasteiger partial charge in [-0.2, -0.15) is 0 Å². The van der Waals surface area contributed by atoms with Crippen molar-refractivity contribution in [2.75, 3.05) is 19.7 Å². The van der Waals surface area contributed by atoms with Gasteiger partial charge in [-0.05, 0) is 49.9 Å². The lowest BCUT2D eigenvalue weighted by Gasteiger charge is -2.33. The number of rotatable bonds is 9. The van der Waals surface area contributed by atoms with E-state index in [1.54, 1.807) is 0 Å².